The number of alkyl carbamates (subject to hydrolysis) is 1. The minimum absolute atomic E-state index is 0.0245. The zero-order valence-corrected chi connectivity index (χ0v) is 16.0. The van der Waals surface area contributed by atoms with Gasteiger partial charge in [-0.3, -0.25) is 10.1 Å². The summed E-state index contributed by atoms with van der Waals surface area (Å²) in [6, 6.07) is 4.39. The third kappa shape index (κ3) is 6.35. The van der Waals surface area contributed by atoms with Crippen LogP contribution in [0.2, 0.25) is 0 Å². The molecule has 1 aromatic heterocycles. The number of hydrogen-bond acceptors (Lipinski definition) is 7. The second kappa shape index (κ2) is 8.88. The van der Waals surface area contributed by atoms with Gasteiger partial charge in [-0.05, 0) is 26.8 Å². The summed E-state index contributed by atoms with van der Waals surface area (Å²) in [5.74, 6) is 4.23. The predicted molar refractivity (Wildman–Crippen MR) is 103 cm³/mol. The van der Waals surface area contributed by atoms with Gasteiger partial charge < -0.3 is 20.5 Å². The second-order valence-electron chi connectivity index (χ2n) is 6.80. The van der Waals surface area contributed by atoms with Crippen LogP contribution in [0.1, 0.15) is 26.3 Å². The van der Waals surface area contributed by atoms with Crippen molar-refractivity contribution < 1.29 is 23.6 Å². The van der Waals surface area contributed by atoms with E-state index < -0.39 is 28.1 Å². The fourth-order valence-corrected chi connectivity index (χ4v) is 2.04. The van der Waals surface area contributed by atoms with E-state index in [1.807, 2.05) is 0 Å². The number of halogens is 1. The number of hydrogen-bond donors (Lipinski definition) is 2. The Bertz CT molecular complexity index is 992. The molecule has 0 spiro atoms. The largest absolute Gasteiger partial charge is 0.453 e. The van der Waals surface area contributed by atoms with Gasteiger partial charge in [0.1, 0.15) is 17.1 Å². The first-order chi connectivity index (χ1) is 13.6. The third-order valence-electron chi connectivity index (χ3n) is 3.25. The van der Waals surface area contributed by atoms with Crippen LogP contribution in [0, 0.1) is 27.8 Å². The standard InChI is InChI=1S/C19H19FN4O5/c1-19(2,3)23-18(25)28-10-4-5-13-15(8-9-22-17(13)21)29-16-7-6-12(24(26)27)11-14(16)20/h6-9,11H,10H2,1-3H3,(H2,21,22)(H,23,25). The predicted octanol–water partition coefficient (Wildman–Crippen LogP) is 3.38. The molecule has 1 amide bonds. The number of carbonyl (C=O) groups excluding carboxylic acids is 1. The van der Waals surface area contributed by atoms with Crippen molar-refractivity contribution in [1.82, 2.24) is 10.3 Å². The lowest BCUT2D eigenvalue weighted by Gasteiger charge is -2.19. The number of rotatable bonds is 4. The van der Waals surface area contributed by atoms with Gasteiger partial charge in [0.05, 0.1) is 11.0 Å². The Kier molecular flexibility index (Phi) is 6.56. The van der Waals surface area contributed by atoms with Gasteiger partial charge in [0.15, 0.2) is 18.2 Å². The maximum atomic E-state index is 14.1. The number of aromatic nitrogens is 1. The third-order valence-corrected chi connectivity index (χ3v) is 3.25. The number of nitro groups is 1. The first-order valence-corrected chi connectivity index (χ1v) is 8.37. The summed E-state index contributed by atoms with van der Waals surface area (Å²) < 4.78 is 24.5. The van der Waals surface area contributed by atoms with Crippen LogP contribution >= 0.6 is 0 Å². The van der Waals surface area contributed by atoms with Gasteiger partial charge in [0.2, 0.25) is 0 Å². The molecule has 0 atom stereocenters. The molecule has 2 aromatic rings. The van der Waals surface area contributed by atoms with E-state index in [0.717, 1.165) is 18.2 Å². The lowest BCUT2D eigenvalue weighted by molar-refractivity contribution is -0.385. The molecule has 0 aliphatic rings. The highest BCUT2D eigenvalue weighted by Crippen LogP contribution is 2.30. The van der Waals surface area contributed by atoms with E-state index in [4.69, 9.17) is 15.2 Å². The Hall–Kier alpha value is -3.87. The molecule has 0 aliphatic carbocycles. The minimum Gasteiger partial charge on any atom is -0.453 e. The number of ether oxygens (including phenoxy) is 2. The van der Waals surface area contributed by atoms with Crippen molar-refractivity contribution in [2.24, 2.45) is 0 Å². The summed E-state index contributed by atoms with van der Waals surface area (Å²) in [6.07, 6.45) is 0.710. The number of non-ortho nitro benzene ring substituents is 1. The van der Waals surface area contributed by atoms with Crippen LogP contribution in [0.25, 0.3) is 0 Å². The van der Waals surface area contributed by atoms with Crippen LogP contribution in [-0.4, -0.2) is 28.1 Å². The van der Waals surface area contributed by atoms with E-state index in [1.54, 1.807) is 20.8 Å². The number of anilines is 1. The number of nitrogens with zero attached hydrogens (tertiary/aromatic N) is 2. The van der Waals surface area contributed by atoms with Crippen molar-refractivity contribution in [2.75, 3.05) is 12.3 Å². The summed E-state index contributed by atoms with van der Waals surface area (Å²) in [7, 11) is 0. The molecule has 0 aliphatic heterocycles. The Labute approximate surface area is 166 Å². The highest BCUT2D eigenvalue weighted by atomic mass is 19.1. The zero-order valence-electron chi connectivity index (χ0n) is 16.0. The molecule has 0 bridgehead atoms. The van der Waals surface area contributed by atoms with E-state index >= 15 is 0 Å². The summed E-state index contributed by atoms with van der Waals surface area (Å²) >= 11 is 0. The summed E-state index contributed by atoms with van der Waals surface area (Å²) in [4.78, 5) is 25.5. The molecular weight excluding hydrogens is 383 g/mol. The van der Waals surface area contributed by atoms with E-state index in [9.17, 15) is 19.3 Å². The molecule has 0 saturated heterocycles. The molecule has 1 aromatic carbocycles. The number of nitro benzene ring substituents is 1. The Balaban J connectivity index is 2.16. The number of amides is 1. The number of benzene rings is 1. The van der Waals surface area contributed by atoms with Crippen LogP contribution in [-0.2, 0) is 4.74 Å². The molecule has 0 unspecified atom stereocenters. The molecule has 1 heterocycles. The topological polar surface area (TPSA) is 130 Å². The molecule has 0 fully saturated rings. The molecule has 2 rings (SSSR count). The highest BCUT2D eigenvalue weighted by molar-refractivity contribution is 5.68. The van der Waals surface area contributed by atoms with E-state index in [-0.39, 0.29) is 29.5 Å². The first kappa shape index (κ1) is 21.4. The van der Waals surface area contributed by atoms with Gasteiger partial charge in [-0.15, -0.1) is 0 Å². The van der Waals surface area contributed by atoms with E-state index in [0.29, 0.717) is 0 Å². The summed E-state index contributed by atoms with van der Waals surface area (Å²) in [6.45, 7) is 5.19. The van der Waals surface area contributed by atoms with Gasteiger partial charge in [0, 0.05) is 23.9 Å². The summed E-state index contributed by atoms with van der Waals surface area (Å²) in [5, 5.41) is 13.3. The Morgan fingerprint density at radius 2 is 2.07 bits per heavy atom. The normalized spacial score (nSPS) is 10.5. The average Bonchev–Trinajstić information content (AvgIpc) is 2.60. The van der Waals surface area contributed by atoms with Crippen molar-refractivity contribution in [1.29, 1.82) is 0 Å². The van der Waals surface area contributed by atoms with Gasteiger partial charge in [0.25, 0.3) is 5.69 Å². The molecular formula is C19H19FN4O5. The van der Waals surface area contributed by atoms with Gasteiger partial charge in [-0.1, -0.05) is 11.8 Å². The monoisotopic (exact) mass is 402 g/mol. The number of carbonyl (C=O) groups is 1. The molecule has 0 radical (unpaired) electrons. The number of nitrogen functional groups attached to an aromatic ring is 1. The van der Waals surface area contributed by atoms with Crippen molar-refractivity contribution >= 4 is 17.6 Å². The molecule has 10 heteroatoms. The quantitative estimate of drug-likeness (QED) is 0.455. The maximum Gasteiger partial charge on any atom is 0.408 e. The van der Waals surface area contributed by atoms with Crippen molar-refractivity contribution in [3.8, 4) is 23.3 Å². The molecule has 3 N–H and O–H groups in total. The maximum absolute atomic E-state index is 14.1. The lowest BCUT2D eigenvalue weighted by atomic mass is 10.1. The van der Waals surface area contributed by atoms with Crippen LogP contribution in [0.15, 0.2) is 30.5 Å². The van der Waals surface area contributed by atoms with Crippen molar-refractivity contribution in [3.05, 3.63) is 52.0 Å². The SMILES string of the molecule is CC(C)(C)NC(=O)OCC#Cc1c(Oc2ccc([N+](=O)[O-])cc2F)ccnc1N. The number of pyridine rings is 1. The molecule has 0 saturated carbocycles. The Morgan fingerprint density at radius 3 is 2.69 bits per heavy atom. The van der Waals surface area contributed by atoms with Crippen LogP contribution in [0.4, 0.5) is 20.7 Å². The molecule has 29 heavy (non-hydrogen) atoms. The van der Waals surface area contributed by atoms with Gasteiger partial charge in [-0.2, -0.15) is 0 Å². The lowest BCUT2D eigenvalue weighted by Crippen LogP contribution is -2.40. The minimum atomic E-state index is -0.921. The molecule has 152 valence electrons. The number of nitrogens with one attached hydrogen (secondary N) is 1. The fraction of sp³-hybridized carbons (Fsp3) is 0.263. The van der Waals surface area contributed by atoms with Crippen LogP contribution < -0.4 is 15.8 Å². The average molecular weight is 402 g/mol. The fourth-order valence-electron chi connectivity index (χ4n) is 2.04. The molecule has 9 nitrogen and oxygen atoms in total. The van der Waals surface area contributed by atoms with E-state index in [2.05, 4.69) is 22.1 Å². The van der Waals surface area contributed by atoms with Gasteiger partial charge in [-0.25, -0.2) is 14.2 Å². The van der Waals surface area contributed by atoms with Crippen molar-refractivity contribution in [3.63, 3.8) is 0 Å². The van der Waals surface area contributed by atoms with Gasteiger partial charge >= 0.3 is 6.09 Å². The summed E-state index contributed by atoms with van der Waals surface area (Å²) in [5.41, 5.74) is 5.11. The van der Waals surface area contributed by atoms with Crippen LogP contribution in [0.5, 0.6) is 11.5 Å². The smallest absolute Gasteiger partial charge is 0.408 e. The first-order valence-electron chi connectivity index (χ1n) is 8.37. The van der Waals surface area contributed by atoms with E-state index in [1.165, 1.54) is 12.3 Å². The Morgan fingerprint density at radius 1 is 1.34 bits per heavy atom. The second-order valence-corrected chi connectivity index (χ2v) is 6.80. The van der Waals surface area contributed by atoms with Crippen LogP contribution in [0.3, 0.4) is 0 Å². The number of nitrogens with two attached hydrogens (primary N) is 1. The highest BCUT2D eigenvalue weighted by Gasteiger charge is 2.15. The zero-order chi connectivity index (χ0) is 21.6. The van der Waals surface area contributed by atoms with Crippen molar-refractivity contribution in [2.45, 2.75) is 26.3 Å².